The van der Waals surface area contributed by atoms with Gasteiger partial charge in [0.2, 0.25) is 10.0 Å². The second kappa shape index (κ2) is 5.13. The van der Waals surface area contributed by atoms with Gasteiger partial charge in [0.15, 0.2) is 0 Å². The predicted octanol–water partition coefficient (Wildman–Crippen LogP) is 1.75. The molecular formula is C12H14N2O2S. The van der Waals surface area contributed by atoms with Gasteiger partial charge in [0.1, 0.15) is 0 Å². The van der Waals surface area contributed by atoms with Gasteiger partial charge in [-0.3, -0.25) is 0 Å². The number of hydrogen-bond acceptors (Lipinski definition) is 3. The van der Waals surface area contributed by atoms with Gasteiger partial charge in [-0.2, -0.15) is 9.57 Å². The molecule has 1 aromatic carbocycles. The molecule has 0 aliphatic heterocycles. The minimum Gasteiger partial charge on any atom is -0.207 e. The van der Waals surface area contributed by atoms with Crippen LogP contribution in [-0.4, -0.2) is 26.3 Å². The lowest BCUT2D eigenvalue weighted by Gasteiger charge is -2.17. The molecule has 17 heavy (non-hydrogen) atoms. The van der Waals surface area contributed by atoms with Crippen molar-refractivity contribution < 1.29 is 8.42 Å². The fourth-order valence-corrected chi connectivity index (χ4v) is 2.65. The van der Waals surface area contributed by atoms with Crippen molar-refractivity contribution >= 4 is 10.0 Å². The van der Waals surface area contributed by atoms with Crippen LogP contribution in [0.25, 0.3) is 0 Å². The van der Waals surface area contributed by atoms with E-state index in [4.69, 9.17) is 5.26 Å². The highest BCUT2D eigenvalue weighted by Gasteiger charge is 2.20. The Morgan fingerprint density at radius 3 is 2.71 bits per heavy atom. The summed E-state index contributed by atoms with van der Waals surface area (Å²) < 4.78 is 25.4. The molecule has 0 spiro atoms. The number of rotatable bonds is 4. The third kappa shape index (κ3) is 3.16. The van der Waals surface area contributed by atoms with Gasteiger partial charge < -0.3 is 0 Å². The standard InChI is InChI=1S/C12H14N2O2S/c1-10(2)9-14(3)17(15,16)12-6-4-5-11(7-12)8-13/h4-7H,1,9H2,2-3H3. The van der Waals surface area contributed by atoms with Crippen molar-refractivity contribution in [3.05, 3.63) is 42.0 Å². The van der Waals surface area contributed by atoms with Crippen molar-refractivity contribution in [2.45, 2.75) is 11.8 Å². The Hall–Kier alpha value is -1.64. The van der Waals surface area contributed by atoms with Gasteiger partial charge in [0.05, 0.1) is 16.5 Å². The Balaban J connectivity index is 3.13. The first-order valence-corrected chi connectivity index (χ1v) is 6.43. The summed E-state index contributed by atoms with van der Waals surface area (Å²) in [6.45, 7) is 5.70. The summed E-state index contributed by atoms with van der Waals surface area (Å²) in [4.78, 5) is 0.125. The molecule has 90 valence electrons. The van der Waals surface area contributed by atoms with Crippen LogP contribution in [0.4, 0.5) is 0 Å². The normalized spacial score (nSPS) is 11.2. The summed E-state index contributed by atoms with van der Waals surface area (Å²) in [6.07, 6.45) is 0. The number of hydrogen-bond donors (Lipinski definition) is 0. The molecule has 1 rings (SSSR count). The van der Waals surface area contributed by atoms with E-state index < -0.39 is 10.0 Å². The van der Waals surface area contributed by atoms with E-state index in [-0.39, 0.29) is 11.4 Å². The second-order valence-corrected chi connectivity index (χ2v) is 5.90. The van der Waals surface area contributed by atoms with Crippen LogP contribution < -0.4 is 0 Å². The summed E-state index contributed by atoms with van der Waals surface area (Å²) in [5, 5.41) is 8.74. The van der Waals surface area contributed by atoms with E-state index in [9.17, 15) is 8.42 Å². The Kier molecular flexibility index (Phi) is 4.05. The number of nitriles is 1. The van der Waals surface area contributed by atoms with E-state index in [1.807, 2.05) is 6.07 Å². The number of likely N-dealkylation sites (N-methyl/N-ethyl adjacent to an activating group) is 1. The number of benzene rings is 1. The van der Waals surface area contributed by atoms with Crippen LogP contribution in [0.1, 0.15) is 12.5 Å². The topological polar surface area (TPSA) is 61.2 Å². The molecule has 0 aliphatic carbocycles. The summed E-state index contributed by atoms with van der Waals surface area (Å²) >= 11 is 0. The second-order valence-electron chi connectivity index (χ2n) is 3.86. The van der Waals surface area contributed by atoms with E-state index in [1.54, 1.807) is 19.1 Å². The van der Waals surface area contributed by atoms with Crippen molar-refractivity contribution in [3.63, 3.8) is 0 Å². The molecule has 0 N–H and O–H groups in total. The maximum Gasteiger partial charge on any atom is 0.243 e. The minimum absolute atomic E-state index is 0.125. The highest BCUT2D eigenvalue weighted by atomic mass is 32.2. The fourth-order valence-electron chi connectivity index (χ4n) is 1.37. The lowest BCUT2D eigenvalue weighted by molar-refractivity contribution is 0.493. The first-order valence-electron chi connectivity index (χ1n) is 4.99. The summed E-state index contributed by atoms with van der Waals surface area (Å²) in [5.41, 5.74) is 1.09. The SMILES string of the molecule is C=C(C)CN(C)S(=O)(=O)c1cccc(C#N)c1. The van der Waals surface area contributed by atoms with Crippen LogP contribution in [0.2, 0.25) is 0 Å². The Labute approximate surface area is 102 Å². The molecule has 0 saturated carbocycles. The molecule has 0 saturated heterocycles. The summed E-state index contributed by atoms with van der Waals surface area (Å²) in [6, 6.07) is 7.88. The van der Waals surface area contributed by atoms with E-state index in [1.165, 1.54) is 23.5 Å². The molecule has 5 heteroatoms. The molecule has 0 unspecified atom stereocenters. The van der Waals surface area contributed by atoms with Crippen molar-refractivity contribution in [1.29, 1.82) is 5.26 Å². The number of sulfonamides is 1. The monoisotopic (exact) mass is 250 g/mol. The molecule has 1 aromatic rings. The molecule has 0 atom stereocenters. The van der Waals surface area contributed by atoms with Crippen LogP contribution >= 0.6 is 0 Å². The van der Waals surface area contributed by atoms with Crippen LogP contribution in [-0.2, 0) is 10.0 Å². The lowest BCUT2D eigenvalue weighted by atomic mass is 10.2. The van der Waals surface area contributed by atoms with Gasteiger partial charge in [0.25, 0.3) is 0 Å². The third-order valence-corrected chi connectivity index (χ3v) is 3.96. The molecule has 0 radical (unpaired) electrons. The van der Waals surface area contributed by atoms with Gasteiger partial charge in [0, 0.05) is 13.6 Å². The fraction of sp³-hybridized carbons (Fsp3) is 0.250. The predicted molar refractivity (Wildman–Crippen MR) is 65.8 cm³/mol. The van der Waals surface area contributed by atoms with E-state index in [0.717, 1.165) is 5.57 Å². The van der Waals surface area contributed by atoms with Gasteiger partial charge >= 0.3 is 0 Å². The Morgan fingerprint density at radius 2 is 2.18 bits per heavy atom. The van der Waals surface area contributed by atoms with Gasteiger partial charge in [-0.05, 0) is 25.1 Å². The maximum absolute atomic E-state index is 12.1. The van der Waals surface area contributed by atoms with E-state index in [2.05, 4.69) is 6.58 Å². The highest BCUT2D eigenvalue weighted by Crippen LogP contribution is 2.16. The van der Waals surface area contributed by atoms with Crippen LogP contribution in [0.5, 0.6) is 0 Å². The molecule has 0 amide bonds. The zero-order valence-electron chi connectivity index (χ0n) is 9.84. The average molecular weight is 250 g/mol. The van der Waals surface area contributed by atoms with Crippen molar-refractivity contribution in [3.8, 4) is 6.07 Å². The molecule has 0 bridgehead atoms. The van der Waals surface area contributed by atoms with Crippen LogP contribution in [0, 0.1) is 11.3 Å². The molecule has 0 fully saturated rings. The van der Waals surface area contributed by atoms with Crippen molar-refractivity contribution in [2.24, 2.45) is 0 Å². The molecule has 0 heterocycles. The van der Waals surface area contributed by atoms with Gasteiger partial charge in [-0.15, -0.1) is 0 Å². The molecule has 0 aliphatic rings. The molecule has 0 aromatic heterocycles. The Morgan fingerprint density at radius 1 is 1.53 bits per heavy atom. The first kappa shape index (κ1) is 13.4. The largest absolute Gasteiger partial charge is 0.243 e. The molecular weight excluding hydrogens is 236 g/mol. The average Bonchev–Trinajstić information content (AvgIpc) is 2.28. The van der Waals surface area contributed by atoms with Crippen LogP contribution in [0.3, 0.4) is 0 Å². The van der Waals surface area contributed by atoms with E-state index >= 15 is 0 Å². The summed E-state index contributed by atoms with van der Waals surface area (Å²) in [7, 11) is -2.06. The smallest absolute Gasteiger partial charge is 0.207 e. The van der Waals surface area contributed by atoms with Gasteiger partial charge in [-0.1, -0.05) is 18.2 Å². The summed E-state index contributed by atoms with van der Waals surface area (Å²) in [5.74, 6) is 0. The maximum atomic E-state index is 12.1. The molecule has 4 nitrogen and oxygen atoms in total. The van der Waals surface area contributed by atoms with Crippen molar-refractivity contribution in [2.75, 3.05) is 13.6 Å². The quantitative estimate of drug-likeness (QED) is 0.765. The van der Waals surface area contributed by atoms with Crippen LogP contribution in [0.15, 0.2) is 41.3 Å². The first-order chi connectivity index (χ1) is 7.87. The number of nitrogens with zero attached hydrogens (tertiary/aromatic N) is 2. The highest BCUT2D eigenvalue weighted by molar-refractivity contribution is 7.89. The third-order valence-electron chi connectivity index (χ3n) is 2.16. The zero-order valence-corrected chi connectivity index (χ0v) is 10.7. The Bertz CT molecular complexity index is 570. The van der Waals surface area contributed by atoms with E-state index in [0.29, 0.717) is 5.56 Å². The van der Waals surface area contributed by atoms with Crippen molar-refractivity contribution in [1.82, 2.24) is 4.31 Å². The lowest BCUT2D eigenvalue weighted by Crippen LogP contribution is -2.28. The zero-order chi connectivity index (χ0) is 13.1. The minimum atomic E-state index is -3.55. The van der Waals surface area contributed by atoms with Gasteiger partial charge in [-0.25, -0.2) is 8.42 Å².